The van der Waals surface area contributed by atoms with Gasteiger partial charge in [0, 0.05) is 24.5 Å². The molecule has 1 saturated heterocycles. The molecule has 0 aromatic heterocycles. The van der Waals surface area contributed by atoms with Gasteiger partial charge < -0.3 is 4.74 Å². The largest absolute Gasteiger partial charge is 0.465 e. The molecule has 0 radical (unpaired) electrons. The van der Waals surface area contributed by atoms with Gasteiger partial charge in [-0.1, -0.05) is 12.1 Å². The number of nitrogens with zero attached hydrogens (tertiary/aromatic N) is 1. The first-order valence-electron chi connectivity index (χ1n) is 6.98. The van der Waals surface area contributed by atoms with Gasteiger partial charge in [-0.3, -0.25) is 19.7 Å². The van der Waals surface area contributed by atoms with E-state index in [0.717, 1.165) is 12.0 Å². The topological polar surface area (TPSA) is 86.5 Å². The molecule has 0 bridgehead atoms. The van der Waals surface area contributed by atoms with Crippen LogP contribution in [0.15, 0.2) is 24.3 Å². The van der Waals surface area contributed by atoms with E-state index in [1.54, 1.807) is 12.1 Å². The Morgan fingerprint density at radius 3 is 2.57 bits per heavy atom. The lowest BCUT2D eigenvalue weighted by Gasteiger charge is -2.24. The number of benzene rings is 1. The highest BCUT2D eigenvalue weighted by atomic mass is 16.6. The third-order valence-corrected chi connectivity index (χ3v) is 4.58. The van der Waals surface area contributed by atoms with Gasteiger partial charge in [0.15, 0.2) is 5.78 Å². The molecule has 110 valence electrons. The maximum Gasteiger partial charge on any atom is 0.320 e. The number of hydrogen-bond acceptors (Lipinski definition) is 5. The average molecular weight is 289 g/mol. The van der Waals surface area contributed by atoms with Crippen molar-refractivity contribution in [3.8, 4) is 0 Å². The maximum atomic E-state index is 12.2. The minimum absolute atomic E-state index is 0.0167. The summed E-state index contributed by atoms with van der Waals surface area (Å²) in [4.78, 5) is 34.4. The summed E-state index contributed by atoms with van der Waals surface area (Å²) >= 11 is 0. The van der Waals surface area contributed by atoms with E-state index >= 15 is 0 Å². The fraction of sp³-hybridized carbons (Fsp3) is 0.467. The smallest absolute Gasteiger partial charge is 0.320 e. The van der Waals surface area contributed by atoms with E-state index in [-0.39, 0.29) is 24.0 Å². The van der Waals surface area contributed by atoms with Crippen molar-refractivity contribution >= 4 is 17.4 Å². The molecule has 2 fully saturated rings. The first-order valence-corrected chi connectivity index (χ1v) is 6.98. The second-order valence-corrected chi connectivity index (χ2v) is 5.67. The van der Waals surface area contributed by atoms with Gasteiger partial charge in [-0.25, -0.2) is 0 Å². The van der Waals surface area contributed by atoms with Gasteiger partial charge in [-0.05, 0) is 24.8 Å². The van der Waals surface area contributed by atoms with E-state index in [9.17, 15) is 19.7 Å². The van der Waals surface area contributed by atoms with E-state index in [0.29, 0.717) is 19.3 Å². The molecule has 1 spiro atoms. The summed E-state index contributed by atoms with van der Waals surface area (Å²) in [6, 6.07) is 6.23. The summed E-state index contributed by atoms with van der Waals surface area (Å²) in [6.45, 7) is 0.252. The molecular weight excluding hydrogens is 274 g/mol. The van der Waals surface area contributed by atoms with Gasteiger partial charge in [0.25, 0.3) is 5.69 Å². The fourth-order valence-corrected chi connectivity index (χ4v) is 3.42. The Hall–Kier alpha value is -2.24. The Balaban J connectivity index is 1.82. The number of ether oxygens (including phenoxy) is 1. The number of hydrogen-bond donors (Lipinski definition) is 0. The molecule has 1 saturated carbocycles. The number of Topliss-reactive ketones (excluding diaryl/α,β-unsaturated/α-hetero) is 1. The highest BCUT2D eigenvalue weighted by Gasteiger charge is 2.59. The van der Waals surface area contributed by atoms with E-state index in [4.69, 9.17) is 4.74 Å². The van der Waals surface area contributed by atoms with Crippen LogP contribution < -0.4 is 0 Å². The van der Waals surface area contributed by atoms with Crippen LogP contribution in [-0.4, -0.2) is 23.3 Å². The lowest BCUT2D eigenvalue weighted by Crippen LogP contribution is -2.38. The maximum absolute atomic E-state index is 12.2. The number of cyclic esters (lactones) is 1. The van der Waals surface area contributed by atoms with Crippen molar-refractivity contribution < 1.29 is 19.2 Å². The van der Waals surface area contributed by atoms with Crippen molar-refractivity contribution in [3.63, 3.8) is 0 Å². The molecule has 6 nitrogen and oxygen atoms in total. The lowest BCUT2D eigenvalue weighted by atomic mass is 9.72. The van der Waals surface area contributed by atoms with E-state index in [1.807, 2.05) is 0 Å². The van der Waals surface area contributed by atoms with Crippen molar-refractivity contribution in [1.29, 1.82) is 0 Å². The lowest BCUT2D eigenvalue weighted by molar-refractivity contribution is -0.384. The van der Waals surface area contributed by atoms with E-state index in [2.05, 4.69) is 0 Å². The summed E-state index contributed by atoms with van der Waals surface area (Å²) in [7, 11) is 0. The summed E-state index contributed by atoms with van der Waals surface area (Å²) in [5.41, 5.74) is -0.0611. The zero-order valence-corrected chi connectivity index (χ0v) is 11.4. The molecule has 2 aliphatic rings. The van der Waals surface area contributed by atoms with Crippen molar-refractivity contribution in [3.05, 3.63) is 39.9 Å². The number of carbonyl (C=O) groups excluding carboxylic acids is 2. The molecule has 21 heavy (non-hydrogen) atoms. The van der Waals surface area contributed by atoms with Crippen molar-refractivity contribution in [1.82, 2.24) is 0 Å². The first kappa shape index (κ1) is 13.7. The van der Waals surface area contributed by atoms with Crippen LogP contribution in [0.4, 0.5) is 5.69 Å². The Morgan fingerprint density at radius 1 is 1.29 bits per heavy atom. The average Bonchev–Trinajstić information content (AvgIpc) is 2.99. The number of rotatable bonds is 3. The molecule has 1 aliphatic heterocycles. The van der Waals surface area contributed by atoms with Crippen LogP contribution in [-0.2, 0) is 20.7 Å². The third-order valence-electron chi connectivity index (χ3n) is 4.58. The second kappa shape index (κ2) is 4.95. The normalized spacial score (nSPS) is 28.1. The number of non-ortho nitro benzene ring substituents is 1. The molecule has 1 aliphatic carbocycles. The predicted octanol–water partition coefficient (Wildman–Crippen LogP) is 2.05. The quantitative estimate of drug-likeness (QED) is 0.368. The minimum Gasteiger partial charge on any atom is -0.465 e. The highest BCUT2D eigenvalue weighted by Crippen LogP contribution is 2.47. The number of nitro benzene ring substituents is 1. The fourth-order valence-electron chi connectivity index (χ4n) is 3.42. The molecule has 6 heteroatoms. The summed E-state index contributed by atoms with van der Waals surface area (Å²) in [6.07, 6.45) is 2.24. The molecule has 0 amide bonds. The molecular formula is C15H15NO5. The molecule has 1 aromatic rings. The van der Waals surface area contributed by atoms with Gasteiger partial charge in [0.05, 0.1) is 11.5 Å². The molecule has 0 unspecified atom stereocenters. The van der Waals surface area contributed by atoms with Gasteiger partial charge in [0.1, 0.15) is 5.41 Å². The van der Waals surface area contributed by atoms with Crippen LogP contribution in [0.25, 0.3) is 0 Å². The monoisotopic (exact) mass is 289 g/mol. The summed E-state index contributed by atoms with van der Waals surface area (Å²) < 4.78 is 5.14. The first-order chi connectivity index (χ1) is 10.0. The van der Waals surface area contributed by atoms with E-state index in [1.165, 1.54) is 12.1 Å². The van der Waals surface area contributed by atoms with Crippen LogP contribution in [0, 0.1) is 21.4 Å². The predicted molar refractivity (Wildman–Crippen MR) is 72.5 cm³/mol. The Kier molecular flexibility index (Phi) is 3.23. The van der Waals surface area contributed by atoms with Crippen LogP contribution in [0.2, 0.25) is 0 Å². The van der Waals surface area contributed by atoms with Crippen LogP contribution in [0.1, 0.15) is 24.8 Å². The third kappa shape index (κ3) is 2.11. The Morgan fingerprint density at radius 2 is 2.00 bits per heavy atom. The van der Waals surface area contributed by atoms with Gasteiger partial charge in [-0.2, -0.15) is 0 Å². The number of ketones is 1. The number of carbonyl (C=O) groups is 2. The summed E-state index contributed by atoms with van der Waals surface area (Å²) in [5.74, 6) is -0.574. The standard InChI is InChI=1S/C15H15NO5/c17-13-2-1-7-15(13)11(9-21-14(15)18)8-10-3-5-12(6-4-10)16(19)20/h3-6,11H,1-2,7-9H2/t11-,15+/m0/s1. The Labute approximate surface area is 121 Å². The summed E-state index contributed by atoms with van der Waals surface area (Å²) in [5, 5.41) is 10.6. The van der Waals surface area contributed by atoms with Gasteiger partial charge >= 0.3 is 5.97 Å². The highest BCUT2D eigenvalue weighted by molar-refractivity contribution is 6.06. The number of nitro groups is 1. The van der Waals surface area contributed by atoms with Crippen molar-refractivity contribution in [2.45, 2.75) is 25.7 Å². The molecule has 0 N–H and O–H groups in total. The zero-order valence-electron chi connectivity index (χ0n) is 11.4. The van der Waals surface area contributed by atoms with Gasteiger partial charge in [0.2, 0.25) is 0 Å². The SMILES string of the molecule is O=C1CCC[C@]12C(=O)OC[C@@H]2Cc1ccc([N+](=O)[O-])cc1. The van der Waals surface area contributed by atoms with Crippen molar-refractivity contribution in [2.24, 2.45) is 11.3 Å². The minimum atomic E-state index is -0.970. The zero-order chi connectivity index (χ0) is 15.0. The Bertz CT molecular complexity index is 599. The van der Waals surface area contributed by atoms with E-state index < -0.39 is 16.3 Å². The molecule has 2 atom stereocenters. The second-order valence-electron chi connectivity index (χ2n) is 5.67. The molecule has 3 rings (SSSR count). The van der Waals surface area contributed by atoms with Crippen LogP contribution in [0.3, 0.4) is 0 Å². The van der Waals surface area contributed by atoms with Crippen LogP contribution >= 0.6 is 0 Å². The van der Waals surface area contributed by atoms with Crippen molar-refractivity contribution in [2.75, 3.05) is 6.61 Å². The van der Waals surface area contributed by atoms with Crippen LogP contribution in [0.5, 0.6) is 0 Å². The number of esters is 1. The van der Waals surface area contributed by atoms with Gasteiger partial charge in [-0.15, -0.1) is 0 Å². The molecule has 1 heterocycles. The molecule has 1 aromatic carbocycles.